The van der Waals surface area contributed by atoms with Crippen molar-refractivity contribution in [1.29, 1.82) is 0 Å². The van der Waals surface area contributed by atoms with Gasteiger partial charge < -0.3 is 9.84 Å². The summed E-state index contributed by atoms with van der Waals surface area (Å²) in [5.41, 5.74) is 0.658. The average Bonchev–Trinajstić information content (AvgIpc) is 2.33. The van der Waals surface area contributed by atoms with Crippen molar-refractivity contribution in [3.8, 4) is 0 Å². The van der Waals surface area contributed by atoms with Gasteiger partial charge in [0.2, 0.25) is 0 Å². The van der Waals surface area contributed by atoms with Gasteiger partial charge in [-0.05, 0) is 17.0 Å². The van der Waals surface area contributed by atoms with Gasteiger partial charge in [0.05, 0.1) is 0 Å². The van der Waals surface area contributed by atoms with Gasteiger partial charge in [-0.15, -0.1) is 0 Å². The van der Waals surface area contributed by atoms with Gasteiger partial charge in [0.15, 0.2) is 0 Å². The molecule has 0 amide bonds. The lowest BCUT2D eigenvalue weighted by Crippen LogP contribution is -2.57. The van der Waals surface area contributed by atoms with Crippen molar-refractivity contribution in [2.45, 2.75) is 52.7 Å². The van der Waals surface area contributed by atoms with Crippen LogP contribution in [0.1, 0.15) is 45.7 Å². The first-order chi connectivity index (χ1) is 9.20. The molecule has 0 saturated carbocycles. The Morgan fingerprint density at radius 2 is 1.95 bits per heavy atom. The quantitative estimate of drug-likeness (QED) is 0.860. The highest BCUT2D eigenvalue weighted by atomic mass is 16.5. The fraction of sp³-hybridized carbons (Fsp3) is 0.588. The molecule has 1 aromatic rings. The van der Waals surface area contributed by atoms with Gasteiger partial charge in [-0.2, -0.15) is 0 Å². The summed E-state index contributed by atoms with van der Waals surface area (Å²) in [5.74, 6) is -0.154. The number of hydrogen-bond donors (Lipinski definition) is 1. The number of fused-ring (bicyclic) bond motifs is 1. The first-order valence-corrected chi connectivity index (χ1v) is 7.18. The van der Waals surface area contributed by atoms with Crippen LogP contribution in [0.2, 0.25) is 0 Å². The number of esters is 1. The van der Waals surface area contributed by atoms with Crippen molar-refractivity contribution < 1.29 is 14.6 Å². The summed E-state index contributed by atoms with van der Waals surface area (Å²) in [6, 6.07) is 7.93. The van der Waals surface area contributed by atoms with Crippen LogP contribution in [-0.4, -0.2) is 17.2 Å². The van der Waals surface area contributed by atoms with E-state index in [0.717, 1.165) is 5.56 Å². The highest BCUT2D eigenvalue weighted by Crippen LogP contribution is 2.53. The van der Waals surface area contributed by atoms with Crippen LogP contribution in [0.5, 0.6) is 0 Å². The number of hydrogen-bond acceptors (Lipinski definition) is 3. The van der Waals surface area contributed by atoms with Gasteiger partial charge in [0.1, 0.15) is 11.7 Å². The molecule has 0 bridgehead atoms. The zero-order chi connectivity index (χ0) is 15.1. The fourth-order valence-corrected chi connectivity index (χ4v) is 3.45. The van der Waals surface area contributed by atoms with E-state index in [1.807, 2.05) is 52.0 Å². The van der Waals surface area contributed by atoms with E-state index >= 15 is 0 Å². The summed E-state index contributed by atoms with van der Waals surface area (Å²) in [6.07, 6.45) is 0.291. The van der Waals surface area contributed by atoms with Crippen molar-refractivity contribution >= 4 is 5.97 Å². The Labute approximate surface area is 121 Å². The third kappa shape index (κ3) is 2.14. The van der Waals surface area contributed by atoms with E-state index in [1.165, 1.54) is 12.5 Å². The highest BCUT2D eigenvalue weighted by molar-refractivity contribution is 5.66. The maximum absolute atomic E-state index is 11.4. The van der Waals surface area contributed by atoms with E-state index in [-0.39, 0.29) is 18.0 Å². The fourth-order valence-electron chi connectivity index (χ4n) is 3.45. The van der Waals surface area contributed by atoms with Crippen LogP contribution in [0.4, 0.5) is 0 Å². The molecule has 2 atom stereocenters. The van der Waals surface area contributed by atoms with Crippen molar-refractivity contribution in [3.05, 3.63) is 35.4 Å². The molecular formula is C17H24O3. The molecule has 0 radical (unpaired) electrons. The maximum atomic E-state index is 11.4. The van der Waals surface area contributed by atoms with E-state index in [0.29, 0.717) is 6.42 Å². The Morgan fingerprint density at radius 3 is 2.45 bits per heavy atom. The van der Waals surface area contributed by atoms with E-state index in [2.05, 4.69) is 0 Å². The van der Waals surface area contributed by atoms with Gasteiger partial charge in [-0.3, -0.25) is 4.79 Å². The lowest BCUT2D eigenvalue weighted by atomic mass is 9.56. The van der Waals surface area contributed by atoms with Crippen LogP contribution in [0.3, 0.4) is 0 Å². The summed E-state index contributed by atoms with van der Waals surface area (Å²) in [7, 11) is 0. The third-order valence-corrected chi connectivity index (χ3v) is 4.58. The molecule has 0 aromatic heterocycles. The molecule has 0 spiro atoms. The summed E-state index contributed by atoms with van der Waals surface area (Å²) in [5, 5.41) is 11.1. The number of carbonyl (C=O) groups excluding carboxylic acids is 1. The van der Waals surface area contributed by atoms with Gasteiger partial charge in [0.25, 0.3) is 0 Å². The van der Waals surface area contributed by atoms with E-state index in [4.69, 9.17) is 4.74 Å². The molecule has 3 nitrogen and oxygen atoms in total. The highest BCUT2D eigenvalue weighted by Gasteiger charge is 2.56. The Morgan fingerprint density at radius 1 is 1.35 bits per heavy atom. The molecule has 0 saturated heterocycles. The van der Waals surface area contributed by atoms with Crippen LogP contribution in [0.15, 0.2) is 24.3 Å². The summed E-state index contributed by atoms with van der Waals surface area (Å²) < 4.78 is 5.51. The second-order valence-corrected chi connectivity index (χ2v) is 6.69. The number of rotatable bonds is 4. The minimum Gasteiger partial charge on any atom is -0.462 e. The molecule has 1 N–H and O–H groups in total. The molecular weight excluding hydrogens is 252 g/mol. The van der Waals surface area contributed by atoms with Crippen molar-refractivity contribution in [2.24, 2.45) is 11.3 Å². The third-order valence-electron chi connectivity index (χ3n) is 4.58. The molecule has 0 fully saturated rings. The van der Waals surface area contributed by atoms with Crippen LogP contribution >= 0.6 is 0 Å². The lowest BCUT2D eigenvalue weighted by Gasteiger charge is -2.53. The summed E-state index contributed by atoms with van der Waals surface area (Å²) in [4.78, 5) is 11.4. The summed E-state index contributed by atoms with van der Waals surface area (Å²) >= 11 is 0. The zero-order valence-corrected chi connectivity index (χ0v) is 12.9. The van der Waals surface area contributed by atoms with Crippen molar-refractivity contribution in [3.63, 3.8) is 0 Å². The maximum Gasteiger partial charge on any atom is 0.302 e. The second-order valence-electron chi connectivity index (χ2n) is 6.69. The number of carbonyl (C=O) groups is 1. The van der Waals surface area contributed by atoms with Crippen LogP contribution in [-0.2, 0) is 21.6 Å². The largest absolute Gasteiger partial charge is 0.462 e. The predicted octanol–water partition coefficient (Wildman–Crippen LogP) is 3.04. The van der Waals surface area contributed by atoms with Crippen molar-refractivity contribution in [2.75, 3.05) is 0 Å². The Balaban J connectivity index is 2.37. The molecule has 0 heterocycles. The van der Waals surface area contributed by atoms with E-state index in [1.54, 1.807) is 0 Å². The molecule has 1 aromatic carbocycles. The molecule has 0 aliphatic heterocycles. The second kappa shape index (κ2) is 4.88. The lowest BCUT2D eigenvalue weighted by molar-refractivity contribution is -0.187. The van der Waals surface area contributed by atoms with Crippen LogP contribution < -0.4 is 0 Å². The molecule has 2 rings (SSSR count). The summed E-state index contributed by atoms with van der Waals surface area (Å²) in [6.45, 7) is 9.42. The van der Waals surface area contributed by atoms with Gasteiger partial charge in [-0.25, -0.2) is 0 Å². The predicted molar refractivity (Wildman–Crippen MR) is 78.2 cm³/mol. The van der Waals surface area contributed by atoms with Crippen molar-refractivity contribution in [1.82, 2.24) is 0 Å². The molecule has 1 aliphatic rings. The molecule has 3 heteroatoms. The van der Waals surface area contributed by atoms with Gasteiger partial charge >= 0.3 is 5.97 Å². The minimum absolute atomic E-state index is 0.144. The molecule has 20 heavy (non-hydrogen) atoms. The van der Waals surface area contributed by atoms with Crippen LogP contribution in [0, 0.1) is 11.3 Å². The van der Waals surface area contributed by atoms with E-state index in [9.17, 15) is 9.90 Å². The first-order valence-electron chi connectivity index (χ1n) is 7.18. The Kier molecular flexibility index (Phi) is 3.67. The number of aliphatic hydroxyl groups is 1. The van der Waals surface area contributed by atoms with Gasteiger partial charge in [0, 0.05) is 18.8 Å². The monoisotopic (exact) mass is 276 g/mol. The minimum atomic E-state index is -0.937. The Bertz CT molecular complexity index is 519. The first kappa shape index (κ1) is 15.0. The molecule has 0 unspecified atom stereocenters. The number of ether oxygens (including phenoxy) is 1. The standard InChI is InChI=1S/C17H24O3/c1-11(2)15(20-12(3)18)16(4,5)17(19)10-13-8-6-7-9-14(13)17/h6-9,11,15,19H,10H2,1-5H3/t15-,17+/m1/s1. The van der Waals surface area contributed by atoms with Gasteiger partial charge in [-0.1, -0.05) is 52.0 Å². The topological polar surface area (TPSA) is 46.5 Å². The molecule has 1 aliphatic carbocycles. The average molecular weight is 276 g/mol. The van der Waals surface area contributed by atoms with Crippen LogP contribution in [0.25, 0.3) is 0 Å². The van der Waals surface area contributed by atoms with E-state index < -0.39 is 11.0 Å². The SMILES string of the molecule is CC(=O)O[C@H](C(C)C)C(C)(C)[C@]1(O)Cc2ccccc21. The number of benzene rings is 1. The Hall–Kier alpha value is -1.35. The normalized spacial score (nSPS) is 22.9. The molecule has 110 valence electrons. The smallest absolute Gasteiger partial charge is 0.302 e. The zero-order valence-electron chi connectivity index (χ0n) is 12.9.